The summed E-state index contributed by atoms with van der Waals surface area (Å²) in [6.07, 6.45) is 1.68. The normalized spacial score (nSPS) is 9.84. The van der Waals surface area contributed by atoms with Crippen LogP contribution < -0.4 is 16.2 Å². The number of rotatable bonds is 4. The molecule has 0 radical (unpaired) electrons. The van der Waals surface area contributed by atoms with E-state index in [1.54, 1.807) is 18.2 Å². The Morgan fingerprint density at radius 3 is 2.47 bits per heavy atom. The minimum atomic E-state index is -0.224. The van der Waals surface area contributed by atoms with Crippen LogP contribution in [0.15, 0.2) is 36.9 Å². The monoisotopic (exact) mass is 277 g/mol. The summed E-state index contributed by atoms with van der Waals surface area (Å²) < 4.78 is 0. The van der Waals surface area contributed by atoms with E-state index < -0.39 is 0 Å². The maximum absolute atomic E-state index is 11.8. The zero-order valence-electron chi connectivity index (χ0n) is 11.2. The lowest BCUT2D eigenvalue weighted by molar-refractivity contribution is 0.0943. The summed E-state index contributed by atoms with van der Waals surface area (Å²) in [6, 6.07) is 7.50. The summed E-state index contributed by atoms with van der Waals surface area (Å²) in [7, 11) is 0. The minimum Gasteiger partial charge on any atom is -0.358 e. The maximum Gasteiger partial charge on any atom is 0.269 e. The van der Waals surface area contributed by atoms with Gasteiger partial charge in [-0.3, -0.25) is 15.6 Å². The van der Waals surface area contributed by atoms with Gasteiger partial charge in [0.25, 0.3) is 5.91 Å². The van der Waals surface area contributed by atoms with Crippen molar-refractivity contribution in [3.63, 3.8) is 0 Å². The molecule has 1 rings (SSSR count). The van der Waals surface area contributed by atoms with Gasteiger partial charge < -0.3 is 5.32 Å². The second kappa shape index (κ2) is 7.53. The molecule has 4 nitrogen and oxygen atoms in total. The first-order valence-electron chi connectivity index (χ1n) is 6.09. The van der Waals surface area contributed by atoms with Crippen molar-refractivity contribution in [3.05, 3.63) is 48.0 Å². The van der Waals surface area contributed by atoms with E-state index in [4.69, 9.17) is 12.2 Å². The molecule has 3 N–H and O–H groups in total. The van der Waals surface area contributed by atoms with Crippen LogP contribution in [-0.4, -0.2) is 17.6 Å². The van der Waals surface area contributed by atoms with Crippen molar-refractivity contribution < 1.29 is 4.79 Å². The largest absolute Gasteiger partial charge is 0.358 e. The SMILES string of the molecule is C=CCNC(=S)NNC(=O)c1ccc(C(C)C)cc1. The summed E-state index contributed by atoms with van der Waals surface area (Å²) in [4.78, 5) is 11.8. The number of carbonyl (C=O) groups excluding carboxylic acids is 1. The Balaban J connectivity index is 2.49. The van der Waals surface area contributed by atoms with Crippen LogP contribution in [0, 0.1) is 0 Å². The summed E-state index contributed by atoms with van der Waals surface area (Å²) in [5, 5.41) is 3.20. The molecule has 0 saturated heterocycles. The molecule has 0 bridgehead atoms. The molecule has 0 heterocycles. The predicted molar refractivity (Wildman–Crippen MR) is 81.9 cm³/mol. The van der Waals surface area contributed by atoms with Crippen LogP contribution in [0.25, 0.3) is 0 Å². The summed E-state index contributed by atoms with van der Waals surface area (Å²) >= 11 is 4.96. The third kappa shape index (κ3) is 5.09. The molecule has 0 saturated carbocycles. The maximum atomic E-state index is 11.8. The van der Waals surface area contributed by atoms with Gasteiger partial charge in [0, 0.05) is 12.1 Å². The molecule has 0 spiro atoms. The van der Waals surface area contributed by atoms with Gasteiger partial charge in [0.05, 0.1) is 0 Å². The Bertz CT molecular complexity index is 454. The summed E-state index contributed by atoms with van der Waals surface area (Å²) in [6.45, 7) is 8.33. The molecule has 5 heteroatoms. The Hall–Kier alpha value is -1.88. The van der Waals surface area contributed by atoms with E-state index >= 15 is 0 Å². The molecule has 0 aromatic heterocycles. The smallest absolute Gasteiger partial charge is 0.269 e. The van der Waals surface area contributed by atoms with E-state index in [2.05, 4.69) is 36.6 Å². The van der Waals surface area contributed by atoms with Crippen molar-refractivity contribution in [1.82, 2.24) is 16.2 Å². The van der Waals surface area contributed by atoms with Crippen molar-refractivity contribution in [2.24, 2.45) is 0 Å². The third-order valence-corrected chi connectivity index (χ3v) is 2.78. The molecule has 0 fully saturated rings. The highest BCUT2D eigenvalue weighted by atomic mass is 32.1. The van der Waals surface area contributed by atoms with Crippen molar-refractivity contribution in [1.29, 1.82) is 0 Å². The van der Waals surface area contributed by atoms with Crippen LogP contribution in [0.4, 0.5) is 0 Å². The summed E-state index contributed by atoms with van der Waals surface area (Å²) in [5.41, 5.74) is 6.94. The van der Waals surface area contributed by atoms with Crippen LogP contribution in [0.1, 0.15) is 35.7 Å². The standard InChI is InChI=1S/C14H19N3OS/c1-4-9-15-14(19)17-16-13(18)12-7-5-11(6-8-12)10(2)3/h4-8,10H,1,9H2,2-3H3,(H,16,18)(H2,15,17,19). The van der Waals surface area contributed by atoms with Gasteiger partial charge in [-0.1, -0.05) is 32.1 Å². The number of nitrogens with one attached hydrogen (secondary N) is 3. The Labute approximate surface area is 119 Å². The topological polar surface area (TPSA) is 53.2 Å². The molecule has 1 aromatic carbocycles. The van der Waals surface area contributed by atoms with Gasteiger partial charge in [-0.25, -0.2) is 0 Å². The highest BCUT2D eigenvalue weighted by Crippen LogP contribution is 2.14. The molecule has 19 heavy (non-hydrogen) atoms. The third-order valence-electron chi connectivity index (χ3n) is 2.54. The Kier molecular flexibility index (Phi) is 6.02. The molecule has 0 aliphatic carbocycles. The number of carbonyl (C=O) groups is 1. The number of hydrogen-bond donors (Lipinski definition) is 3. The van der Waals surface area contributed by atoms with Crippen molar-refractivity contribution in [2.75, 3.05) is 6.54 Å². The van der Waals surface area contributed by atoms with Gasteiger partial charge >= 0.3 is 0 Å². The van der Waals surface area contributed by atoms with E-state index in [9.17, 15) is 4.79 Å². The average Bonchev–Trinajstić information content (AvgIpc) is 2.42. The van der Waals surface area contributed by atoms with E-state index in [1.165, 1.54) is 5.56 Å². The molecular formula is C14H19N3OS. The van der Waals surface area contributed by atoms with Crippen molar-refractivity contribution in [2.45, 2.75) is 19.8 Å². The summed E-state index contributed by atoms with van der Waals surface area (Å²) in [5.74, 6) is 0.226. The fourth-order valence-electron chi connectivity index (χ4n) is 1.41. The lowest BCUT2D eigenvalue weighted by Gasteiger charge is -2.11. The zero-order chi connectivity index (χ0) is 14.3. The van der Waals surface area contributed by atoms with Crippen LogP contribution in [0.3, 0.4) is 0 Å². The second-order valence-corrected chi connectivity index (χ2v) is 4.76. The molecule has 0 atom stereocenters. The fourth-order valence-corrected chi connectivity index (χ4v) is 1.55. The van der Waals surface area contributed by atoms with E-state index in [1.807, 2.05) is 12.1 Å². The van der Waals surface area contributed by atoms with E-state index in [0.717, 1.165) is 0 Å². The molecule has 1 amide bonds. The lowest BCUT2D eigenvalue weighted by atomic mass is 10.0. The molecule has 0 unspecified atom stereocenters. The number of thiocarbonyl (C=S) groups is 1. The molecule has 0 aliphatic heterocycles. The molecule has 102 valence electrons. The van der Waals surface area contributed by atoms with Gasteiger partial charge in [-0.15, -0.1) is 6.58 Å². The van der Waals surface area contributed by atoms with Crippen molar-refractivity contribution >= 4 is 23.2 Å². The number of hydrogen-bond acceptors (Lipinski definition) is 2. The lowest BCUT2D eigenvalue weighted by Crippen LogP contribution is -2.46. The van der Waals surface area contributed by atoms with Crippen LogP contribution in [0.2, 0.25) is 0 Å². The quantitative estimate of drug-likeness (QED) is 0.448. The van der Waals surface area contributed by atoms with Crippen LogP contribution in [-0.2, 0) is 0 Å². The Morgan fingerprint density at radius 2 is 1.95 bits per heavy atom. The first kappa shape index (κ1) is 15.2. The zero-order valence-corrected chi connectivity index (χ0v) is 12.0. The average molecular weight is 277 g/mol. The van der Waals surface area contributed by atoms with Crippen LogP contribution >= 0.6 is 12.2 Å². The van der Waals surface area contributed by atoms with E-state index in [0.29, 0.717) is 23.1 Å². The number of benzene rings is 1. The number of amides is 1. The predicted octanol–water partition coefficient (Wildman–Crippen LogP) is 2.10. The molecular weight excluding hydrogens is 258 g/mol. The van der Waals surface area contributed by atoms with E-state index in [-0.39, 0.29) is 5.91 Å². The minimum absolute atomic E-state index is 0.224. The van der Waals surface area contributed by atoms with Crippen molar-refractivity contribution in [3.8, 4) is 0 Å². The number of hydrazine groups is 1. The van der Waals surface area contributed by atoms with Gasteiger partial charge in [0.2, 0.25) is 0 Å². The highest BCUT2D eigenvalue weighted by molar-refractivity contribution is 7.80. The highest BCUT2D eigenvalue weighted by Gasteiger charge is 2.06. The second-order valence-electron chi connectivity index (χ2n) is 4.35. The van der Waals surface area contributed by atoms with Crippen LogP contribution in [0.5, 0.6) is 0 Å². The van der Waals surface area contributed by atoms with Gasteiger partial charge in [-0.05, 0) is 35.8 Å². The molecule has 0 aliphatic rings. The van der Waals surface area contributed by atoms with Gasteiger partial charge in [0.15, 0.2) is 5.11 Å². The van der Waals surface area contributed by atoms with Gasteiger partial charge in [0.1, 0.15) is 0 Å². The molecule has 1 aromatic rings. The van der Waals surface area contributed by atoms with Gasteiger partial charge in [-0.2, -0.15) is 0 Å². The fraction of sp³-hybridized carbons (Fsp3) is 0.286. The Morgan fingerprint density at radius 1 is 1.32 bits per heavy atom. The first-order valence-corrected chi connectivity index (χ1v) is 6.50. The first-order chi connectivity index (χ1) is 9.04.